The summed E-state index contributed by atoms with van der Waals surface area (Å²) in [5.41, 5.74) is 5.95. The summed E-state index contributed by atoms with van der Waals surface area (Å²) in [5, 5.41) is 0.509. The number of hydrogen-bond acceptors (Lipinski definition) is 8. The Bertz CT molecular complexity index is 905. The first-order chi connectivity index (χ1) is 13.7. The van der Waals surface area contributed by atoms with Gasteiger partial charge in [0.05, 0.1) is 0 Å². The zero-order chi connectivity index (χ0) is 19.3. The van der Waals surface area contributed by atoms with Crippen LogP contribution in [0, 0.1) is 5.92 Å². The second kappa shape index (κ2) is 8.49. The molecule has 1 saturated heterocycles. The SMILES string of the molecule is NC(=O)C1CCN(CCOc2ccc(Oc3nc4nccnc4s3)cc2)CC1. The first kappa shape index (κ1) is 18.6. The molecule has 1 aliphatic heterocycles. The summed E-state index contributed by atoms with van der Waals surface area (Å²) in [7, 11) is 0. The number of amides is 1. The molecule has 0 saturated carbocycles. The lowest BCUT2D eigenvalue weighted by atomic mass is 9.96. The van der Waals surface area contributed by atoms with Crippen LogP contribution in [-0.2, 0) is 4.79 Å². The number of carbonyl (C=O) groups excluding carboxylic acids is 1. The van der Waals surface area contributed by atoms with Crippen LogP contribution in [-0.4, -0.2) is 52.0 Å². The van der Waals surface area contributed by atoms with Crippen LogP contribution in [0.1, 0.15) is 12.8 Å². The van der Waals surface area contributed by atoms with Gasteiger partial charge in [0, 0.05) is 24.9 Å². The number of nitrogens with two attached hydrogens (primary N) is 1. The highest BCUT2D eigenvalue weighted by atomic mass is 32.1. The molecule has 0 atom stereocenters. The number of thiazole rings is 1. The number of hydrogen-bond donors (Lipinski definition) is 1. The molecular weight excluding hydrogens is 378 g/mol. The van der Waals surface area contributed by atoms with E-state index in [-0.39, 0.29) is 11.8 Å². The fraction of sp³-hybridized carbons (Fsp3) is 0.368. The Hall–Kier alpha value is -2.78. The number of fused-ring (bicyclic) bond motifs is 1. The summed E-state index contributed by atoms with van der Waals surface area (Å²) in [6.45, 7) is 3.19. The highest BCUT2D eigenvalue weighted by Crippen LogP contribution is 2.29. The van der Waals surface area contributed by atoms with E-state index in [9.17, 15) is 4.79 Å². The summed E-state index contributed by atoms with van der Waals surface area (Å²) in [4.78, 5) is 26.9. The van der Waals surface area contributed by atoms with Crippen molar-refractivity contribution in [2.45, 2.75) is 12.8 Å². The number of rotatable bonds is 7. The summed E-state index contributed by atoms with van der Waals surface area (Å²) in [6.07, 6.45) is 4.91. The van der Waals surface area contributed by atoms with Gasteiger partial charge in [0.2, 0.25) is 5.91 Å². The molecule has 2 aromatic heterocycles. The highest BCUT2D eigenvalue weighted by molar-refractivity contribution is 7.19. The number of likely N-dealkylation sites (tertiary alicyclic amines) is 1. The van der Waals surface area contributed by atoms with E-state index in [0.717, 1.165) is 43.1 Å². The third kappa shape index (κ3) is 4.55. The van der Waals surface area contributed by atoms with E-state index >= 15 is 0 Å². The highest BCUT2D eigenvalue weighted by Gasteiger charge is 2.22. The molecule has 0 aliphatic carbocycles. The van der Waals surface area contributed by atoms with Gasteiger partial charge in [0.15, 0.2) is 10.5 Å². The van der Waals surface area contributed by atoms with Crippen LogP contribution in [0.4, 0.5) is 0 Å². The molecule has 0 spiro atoms. The van der Waals surface area contributed by atoms with Crippen LogP contribution in [0.2, 0.25) is 0 Å². The van der Waals surface area contributed by atoms with Gasteiger partial charge in [-0.05, 0) is 50.2 Å². The average molecular weight is 399 g/mol. The Kier molecular flexibility index (Phi) is 5.63. The molecule has 1 amide bonds. The van der Waals surface area contributed by atoms with Crippen LogP contribution in [0.3, 0.4) is 0 Å². The molecule has 146 valence electrons. The lowest BCUT2D eigenvalue weighted by Crippen LogP contribution is -2.40. The van der Waals surface area contributed by atoms with Gasteiger partial charge >= 0.3 is 0 Å². The Morgan fingerprint density at radius 1 is 1.14 bits per heavy atom. The number of aromatic nitrogens is 3. The van der Waals surface area contributed by atoms with Gasteiger partial charge in [-0.1, -0.05) is 11.3 Å². The maximum atomic E-state index is 11.2. The van der Waals surface area contributed by atoms with Crippen LogP contribution < -0.4 is 15.2 Å². The average Bonchev–Trinajstić information content (AvgIpc) is 3.12. The second-order valence-electron chi connectivity index (χ2n) is 6.61. The predicted molar refractivity (Wildman–Crippen MR) is 106 cm³/mol. The van der Waals surface area contributed by atoms with Crippen molar-refractivity contribution in [3.63, 3.8) is 0 Å². The summed E-state index contributed by atoms with van der Waals surface area (Å²) >= 11 is 1.36. The topological polar surface area (TPSA) is 103 Å². The lowest BCUT2D eigenvalue weighted by Gasteiger charge is -2.30. The Labute approximate surface area is 166 Å². The Balaban J connectivity index is 1.24. The Morgan fingerprint density at radius 3 is 2.57 bits per heavy atom. The van der Waals surface area contributed by atoms with Crippen molar-refractivity contribution in [3.8, 4) is 16.7 Å². The summed E-state index contributed by atoms with van der Waals surface area (Å²) < 4.78 is 11.6. The van der Waals surface area contributed by atoms with E-state index in [4.69, 9.17) is 15.2 Å². The fourth-order valence-corrected chi connectivity index (χ4v) is 3.88. The molecule has 3 aromatic rings. The molecule has 28 heavy (non-hydrogen) atoms. The van der Waals surface area contributed by atoms with E-state index in [1.165, 1.54) is 11.3 Å². The molecule has 0 radical (unpaired) electrons. The van der Waals surface area contributed by atoms with Crippen molar-refractivity contribution in [2.75, 3.05) is 26.2 Å². The van der Waals surface area contributed by atoms with Crippen LogP contribution in [0.15, 0.2) is 36.7 Å². The normalized spacial score (nSPS) is 15.6. The summed E-state index contributed by atoms with van der Waals surface area (Å²) in [6, 6.07) is 7.44. The largest absolute Gasteiger partial charge is 0.492 e. The van der Waals surface area contributed by atoms with Gasteiger partial charge in [-0.25, -0.2) is 9.97 Å². The first-order valence-electron chi connectivity index (χ1n) is 9.17. The van der Waals surface area contributed by atoms with Gasteiger partial charge in [-0.3, -0.25) is 9.69 Å². The quantitative estimate of drug-likeness (QED) is 0.651. The molecule has 4 rings (SSSR count). The van der Waals surface area contributed by atoms with Crippen molar-refractivity contribution in [3.05, 3.63) is 36.7 Å². The maximum absolute atomic E-state index is 11.2. The zero-order valence-corrected chi connectivity index (χ0v) is 16.1. The zero-order valence-electron chi connectivity index (χ0n) is 15.3. The van der Waals surface area contributed by atoms with Crippen molar-refractivity contribution >= 4 is 27.7 Å². The number of benzene rings is 1. The fourth-order valence-electron chi connectivity index (χ4n) is 3.14. The van der Waals surface area contributed by atoms with E-state index in [1.54, 1.807) is 12.4 Å². The third-order valence-corrected chi connectivity index (χ3v) is 5.55. The molecule has 0 unspecified atom stereocenters. The van der Waals surface area contributed by atoms with E-state index in [0.29, 0.717) is 23.2 Å². The van der Waals surface area contributed by atoms with Gasteiger partial charge in [-0.15, -0.1) is 0 Å². The van der Waals surface area contributed by atoms with Gasteiger partial charge in [-0.2, -0.15) is 4.98 Å². The van der Waals surface area contributed by atoms with Crippen molar-refractivity contribution in [2.24, 2.45) is 11.7 Å². The molecule has 1 aromatic carbocycles. The lowest BCUT2D eigenvalue weighted by molar-refractivity contribution is -0.123. The van der Waals surface area contributed by atoms with Gasteiger partial charge in [0.1, 0.15) is 18.1 Å². The maximum Gasteiger partial charge on any atom is 0.282 e. The van der Waals surface area contributed by atoms with E-state index in [2.05, 4.69) is 19.9 Å². The molecule has 1 aliphatic rings. The van der Waals surface area contributed by atoms with Gasteiger partial charge < -0.3 is 15.2 Å². The minimum Gasteiger partial charge on any atom is -0.492 e. The van der Waals surface area contributed by atoms with Crippen molar-refractivity contribution < 1.29 is 14.3 Å². The minimum absolute atomic E-state index is 0.0201. The smallest absolute Gasteiger partial charge is 0.282 e. The molecule has 0 bridgehead atoms. The predicted octanol–water partition coefficient (Wildman–Crippen LogP) is 2.45. The number of nitrogens with zero attached hydrogens (tertiary/aromatic N) is 4. The molecule has 1 fully saturated rings. The second-order valence-corrected chi connectivity index (χ2v) is 7.55. The Morgan fingerprint density at radius 2 is 1.86 bits per heavy atom. The molecule has 3 heterocycles. The summed E-state index contributed by atoms with van der Waals surface area (Å²) in [5.74, 6) is 1.30. The standard InChI is InChI=1S/C19H21N5O3S/c20-16(25)13-5-9-24(10-6-13)11-12-26-14-1-3-15(4-2-14)27-19-23-17-18(28-19)22-8-7-21-17/h1-4,7-8,13H,5-6,9-12H2,(H2,20,25). The van der Waals surface area contributed by atoms with Crippen molar-refractivity contribution in [1.29, 1.82) is 0 Å². The first-order valence-corrected chi connectivity index (χ1v) is 9.99. The van der Waals surface area contributed by atoms with Crippen LogP contribution >= 0.6 is 11.3 Å². The monoisotopic (exact) mass is 399 g/mol. The number of primary amides is 1. The number of ether oxygens (including phenoxy) is 2. The molecule has 2 N–H and O–H groups in total. The third-order valence-electron chi connectivity index (χ3n) is 4.72. The number of carbonyl (C=O) groups is 1. The van der Waals surface area contributed by atoms with E-state index in [1.807, 2.05) is 24.3 Å². The van der Waals surface area contributed by atoms with Crippen molar-refractivity contribution in [1.82, 2.24) is 19.9 Å². The molecular formula is C19H21N5O3S. The van der Waals surface area contributed by atoms with Crippen LogP contribution in [0.5, 0.6) is 16.7 Å². The number of piperidine rings is 1. The van der Waals surface area contributed by atoms with E-state index < -0.39 is 0 Å². The van der Waals surface area contributed by atoms with Crippen LogP contribution in [0.25, 0.3) is 10.5 Å². The molecule has 9 heteroatoms. The molecule has 8 nitrogen and oxygen atoms in total. The van der Waals surface area contributed by atoms with Gasteiger partial charge in [0.25, 0.3) is 5.19 Å². The minimum atomic E-state index is -0.184.